The van der Waals surface area contributed by atoms with Crippen molar-refractivity contribution in [2.24, 2.45) is 0 Å². The molecule has 0 aliphatic rings. The molecular formula is C18H22N4O8S2. The lowest BCUT2D eigenvalue weighted by atomic mass is 10.3. The van der Waals surface area contributed by atoms with Crippen LogP contribution >= 0.6 is 0 Å². The zero-order chi connectivity index (χ0) is 24.5. The van der Waals surface area contributed by atoms with E-state index >= 15 is 0 Å². The van der Waals surface area contributed by atoms with Gasteiger partial charge < -0.3 is 5.73 Å². The summed E-state index contributed by atoms with van der Waals surface area (Å²) in [5.41, 5.74) is 5.67. The average molecular weight is 487 g/mol. The van der Waals surface area contributed by atoms with Gasteiger partial charge in [0.15, 0.2) is 0 Å². The normalized spacial score (nSPS) is 10.9. The molecule has 0 unspecified atom stereocenters. The molecular weight excluding hydrogens is 464 g/mol. The van der Waals surface area contributed by atoms with E-state index < -0.39 is 36.8 Å². The third kappa shape index (κ3) is 7.96. The molecule has 0 fully saturated rings. The molecule has 0 bridgehead atoms. The van der Waals surface area contributed by atoms with Crippen LogP contribution in [0.2, 0.25) is 0 Å². The molecule has 2 rings (SSSR count). The third-order valence-electron chi connectivity index (χ3n) is 3.69. The maximum absolute atomic E-state index is 11.6. The highest BCUT2D eigenvalue weighted by atomic mass is 32.2. The largest absolute Gasteiger partial charge is 0.399 e. The third-order valence-corrected chi connectivity index (χ3v) is 6.47. The number of hydrogen-bond acceptors (Lipinski definition) is 9. The molecule has 2 aromatic carbocycles. The molecule has 0 spiro atoms. The zero-order valence-corrected chi connectivity index (χ0v) is 18.8. The molecule has 0 saturated heterocycles. The van der Waals surface area contributed by atoms with Crippen molar-refractivity contribution in [1.29, 1.82) is 0 Å². The summed E-state index contributed by atoms with van der Waals surface area (Å²) in [7, 11) is -7.68. The number of rotatable bonds is 7. The van der Waals surface area contributed by atoms with Gasteiger partial charge in [-0.1, -0.05) is 13.8 Å². The Hall–Kier alpha value is -3.52. The number of hydrogen-bond donors (Lipinski definition) is 3. The summed E-state index contributed by atoms with van der Waals surface area (Å²) < 4.78 is 50.0. The van der Waals surface area contributed by atoms with E-state index in [4.69, 9.17) is 5.73 Å². The number of amides is 2. The Kier molecular flexibility index (Phi) is 9.28. The van der Waals surface area contributed by atoms with Crippen molar-refractivity contribution in [3.63, 3.8) is 0 Å². The van der Waals surface area contributed by atoms with Gasteiger partial charge in [0, 0.05) is 30.7 Å². The fraction of sp³-hybridized carbons (Fsp3) is 0.222. The van der Waals surface area contributed by atoms with E-state index in [1.807, 2.05) is 9.44 Å². The van der Waals surface area contributed by atoms with Gasteiger partial charge in [-0.25, -0.2) is 26.3 Å². The van der Waals surface area contributed by atoms with Gasteiger partial charge in [0.2, 0.25) is 11.8 Å². The van der Waals surface area contributed by atoms with Crippen LogP contribution in [-0.2, 0) is 29.6 Å². The summed E-state index contributed by atoms with van der Waals surface area (Å²) in [5, 5.41) is 10.4. The first kappa shape index (κ1) is 26.5. The van der Waals surface area contributed by atoms with Crippen LogP contribution in [0.4, 0.5) is 11.4 Å². The highest BCUT2D eigenvalue weighted by Crippen LogP contribution is 2.15. The Bertz CT molecular complexity index is 1180. The predicted molar refractivity (Wildman–Crippen MR) is 115 cm³/mol. The second-order valence-electron chi connectivity index (χ2n) is 6.08. The number of carbonyl (C=O) groups excluding carboxylic acids is 2. The van der Waals surface area contributed by atoms with Crippen LogP contribution in [0.3, 0.4) is 0 Å². The van der Waals surface area contributed by atoms with E-state index in [1.165, 1.54) is 31.2 Å². The second kappa shape index (κ2) is 11.2. The number of non-ortho nitro benzene ring substituents is 1. The van der Waals surface area contributed by atoms with Crippen molar-refractivity contribution in [3.05, 3.63) is 58.6 Å². The molecule has 0 aliphatic carbocycles. The standard InChI is InChI=1S/C9H10N2O5S.C9H12N2O3S/c1-2-9(12)10-17(15,16)8-5-3-7(4-6-8)11(13)14;1-2-9(12)11-15(13,14)8-5-3-7(10)4-6-8/h3-6H,2H2,1H3,(H,10,12);3-6H,2,10H2,1H3,(H,11,12). The van der Waals surface area contributed by atoms with Crippen LogP contribution in [0.15, 0.2) is 58.3 Å². The number of nitro groups is 1. The number of benzene rings is 2. The van der Waals surface area contributed by atoms with Crippen LogP contribution in [0.25, 0.3) is 0 Å². The highest BCUT2D eigenvalue weighted by Gasteiger charge is 2.18. The number of anilines is 1. The number of nitrogen functional groups attached to an aromatic ring is 1. The molecule has 0 saturated carbocycles. The zero-order valence-electron chi connectivity index (χ0n) is 17.1. The van der Waals surface area contributed by atoms with E-state index in [1.54, 1.807) is 6.92 Å². The Morgan fingerprint density at radius 1 is 0.812 bits per heavy atom. The summed E-state index contributed by atoms with van der Waals surface area (Å²) in [4.78, 5) is 31.5. The molecule has 4 N–H and O–H groups in total. The van der Waals surface area contributed by atoms with Crippen LogP contribution in [-0.4, -0.2) is 33.6 Å². The summed E-state index contributed by atoms with van der Waals surface area (Å²) >= 11 is 0. The van der Waals surface area contributed by atoms with Crippen LogP contribution in [0, 0.1) is 10.1 Å². The first-order chi connectivity index (χ1) is 14.8. The number of nitro benzene ring substituents is 1. The monoisotopic (exact) mass is 486 g/mol. The summed E-state index contributed by atoms with van der Waals surface area (Å²) in [5.74, 6) is -1.17. The molecule has 0 radical (unpaired) electrons. The number of nitrogens with two attached hydrogens (primary N) is 1. The molecule has 0 aliphatic heterocycles. The maximum Gasteiger partial charge on any atom is 0.269 e. The molecule has 0 atom stereocenters. The lowest BCUT2D eigenvalue weighted by Crippen LogP contribution is -2.29. The van der Waals surface area contributed by atoms with Crippen LogP contribution in [0.1, 0.15) is 26.7 Å². The Balaban J connectivity index is 0.000000323. The maximum atomic E-state index is 11.6. The second-order valence-corrected chi connectivity index (χ2v) is 9.45. The lowest BCUT2D eigenvalue weighted by molar-refractivity contribution is -0.384. The molecule has 0 heterocycles. The number of carbonyl (C=O) groups is 2. The molecule has 2 amide bonds. The minimum atomic E-state index is -3.94. The van der Waals surface area contributed by atoms with Crippen molar-refractivity contribution in [2.45, 2.75) is 36.5 Å². The summed E-state index contributed by atoms with van der Waals surface area (Å²) in [6, 6.07) is 9.89. The van der Waals surface area contributed by atoms with Crippen molar-refractivity contribution >= 4 is 43.2 Å². The smallest absolute Gasteiger partial charge is 0.269 e. The summed E-state index contributed by atoms with van der Waals surface area (Å²) in [6.45, 7) is 3.09. The number of nitrogens with zero attached hydrogens (tertiary/aromatic N) is 1. The van der Waals surface area contributed by atoms with E-state index in [2.05, 4.69) is 0 Å². The minimum Gasteiger partial charge on any atom is -0.399 e. The predicted octanol–water partition coefficient (Wildman–Crippen LogP) is 1.29. The SMILES string of the molecule is CCC(=O)NS(=O)(=O)c1ccc(N)cc1.CCC(=O)NS(=O)(=O)c1ccc([N+](=O)[O-])cc1. The Morgan fingerprint density at radius 3 is 1.47 bits per heavy atom. The fourth-order valence-corrected chi connectivity index (χ4v) is 4.07. The Labute approximate surface area is 185 Å². The van der Waals surface area contributed by atoms with Crippen molar-refractivity contribution in [2.75, 3.05) is 5.73 Å². The molecule has 174 valence electrons. The van der Waals surface area contributed by atoms with E-state index in [-0.39, 0.29) is 28.3 Å². The topological polar surface area (TPSA) is 196 Å². The van der Waals surface area contributed by atoms with Crippen molar-refractivity contribution < 1.29 is 31.3 Å². The first-order valence-electron chi connectivity index (χ1n) is 9.03. The minimum absolute atomic E-state index is 0.0264. The highest BCUT2D eigenvalue weighted by molar-refractivity contribution is 7.90. The van der Waals surface area contributed by atoms with E-state index in [0.29, 0.717) is 5.69 Å². The molecule has 12 nitrogen and oxygen atoms in total. The van der Waals surface area contributed by atoms with Crippen molar-refractivity contribution in [3.8, 4) is 0 Å². The molecule has 0 aromatic heterocycles. The quantitative estimate of drug-likeness (QED) is 0.293. The number of nitrogens with one attached hydrogen (secondary N) is 2. The van der Waals surface area contributed by atoms with Gasteiger partial charge >= 0.3 is 0 Å². The molecule has 2 aromatic rings. The van der Waals surface area contributed by atoms with Crippen molar-refractivity contribution in [1.82, 2.24) is 9.44 Å². The first-order valence-corrected chi connectivity index (χ1v) is 12.0. The Morgan fingerprint density at radius 2 is 1.16 bits per heavy atom. The van der Waals surface area contributed by atoms with E-state index in [9.17, 15) is 36.5 Å². The van der Waals surface area contributed by atoms with Gasteiger partial charge in [0.05, 0.1) is 14.7 Å². The molecule has 32 heavy (non-hydrogen) atoms. The van der Waals surface area contributed by atoms with Gasteiger partial charge in [-0.3, -0.25) is 19.7 Å². The lowest BCUT2D eigenvalue weighted by Gasteiger charge is -2.05. The summed E-state index contributed by atoms with van der Waals surface area (Å²) in [6.07, 6.45) is 0.153. The van der Waals surface area contributed by atoms with Crippen LogP contribution in [0.5, 0.6) is 0 Å². The van der Waals surface area contributed by atoms with Gasteiger partial charge in [0.25, 0.3) is 25.7 Å². The van der Waals surface area contributed by atoms with Crippen LogP contribution < -0.4 is 15.2 Å². The average Bonchev–Trinajstić information content (AvgIpc) is 2.73. The molecule has 14 heteroatoms. The van der Waals surface area contributed by atoms with E-state index in [0.717, 1.165) is 24.3 Å². The number of sulfonamides is 2. The van der Waals surface area contributed by atoms with Gasteiger partial charge in [-0.05, 0) is 36.4 Å². The van der Waals surface area contributed by atoms with Gasteiger partial charge in [-0.15, -0.1) is 0 Å². The van der Waals surface area contributed by atoms with Gasteiger partial charge in [-0.2, -0.15) is 0 Å². The fourth-order valence-electron chi connectivity index (χ4n) is 1.96. The van der Waals surface area contributed by atoms with Gasteiger partial charge in [0.1, 0.15) is 0 Å².